The molecule has 0 aliphatic carbocycles. The van der Waals surface area contributed by atoms with E-state index in [1.807, 2.05) is 0 Å². The fraction of sp³-hybridized carbons (Fsp3) is 0.500. The fourth-order valence-electron chi connectivity index (χ4n) is 0.334. The van der Waals surface area contributed by atoms with Gasteiger partial charge in [0.1, 0.15) is 6.61 Å². The van der Waals surface area contributed by atoms with Gasteiger partial charge in [-0.05, 0) is 24.3 Å². The van der Waals surface area contributed by atoms with Crippen molar-refractivity contribution in [3.8, 4) is 12.3 Å². The molecule has 0 aliphatic rings. The van der Waals surface area contributed by atoms with Gasteiger partial charge in [0.25, 0.3) is 5.16 Å². The molecule has 1 atom stereocenters. The van der Waals surface area contributed by atoms with Gasteiger partial charge in [-0.2, -0.15) is 0 Å². The van der Waals surface area contributed by atoms with Gasteiger partial charge in [0.05, 0.1) is 0 Å². The predicted molar refractivity (Wildman–Crippen MR) is 46.7 cm³/mol. The van der Waals surface area contributed by atoms with E-state index >= 15 is 0 Å². The summed E-state index contributed by atoms with van der Waals surface area (Å²) in [5.74, 6) is 2.41. The monoisotopic (exact) mass is 171 g/mol. The summed E-state index contributed by atoms with van der Waals surface area (Å²) in [5.41, 5.74) is 0. The van der Waals surface area contributed by atoms with Crippen molar-refractivity contribution in [1.82, 2.24) is 0 Å². The van der Waals surface area contributed by atoms with Crippen LogP contribution in [0.3, 0.4) is 0 Å². The third-order valence-corrected chi connectivity index (χ3v) is 2.54. The Labute approximate surface area is 68.5 Å². The molecule has 0 heterocycles. The second-order valence-corrected chi connectivity index (χ2v) is 4.44. The number of hydrogen-bond donors (Lipinski definition) is 0. The third kappa shape index (κ3) is 3.32. The average Bonchev–Trinajstić information content (AvgIpc) is 2.00. The molecule has 3 heteroatoms. The van der Waals surface area contributed by atoms with E-state index in [0.717, 1.165) is 0 Å². The summed E-state index contributed by atoms with van der Waals surface area (Å²) in [7, 11) is -1.79. The van der Waals surface area contributed by atoms with Crippen LogP contribution in [0.25, 0.3) is 0 Å². The zero-order valence-electron chi connectivity index (χ0n) is 6.83. The van der Waals surface area contributed by atoms with Crippen LogP contribution in [0, 0.1) is 12.3 Å². The van der Waals surface area contributed by atoms with Crippen molar-refractivity contribution >= 4 is 8.03 Å². The first-order valence-electron chi connectivity index (χ1n) is 3.23. The van der Waals surface area contributed by atoms with Crippen molar-refractivity contribution < 1.29 is 9.09 Å². The van der Waals surface area contributed by atoms with E-state index in [1.165, 1.54) is 0 Å². The maximum absolute atomic E-state index is 11.2. The first-order valence-corrected chi connectivity index (χ1v) is 4.41. The molecule has 0 saturated heterocycles. The molecular weight excluding hydrogens is 159 g/mol. The van der Waals surface area contributed by atoms with Crippen LogP contribution in [-0.4, -0.2) is 11.8 Å². The largest absolute Gasteiger partial charge is 0.527 e. The molecule has 0 N–H and O–H groups in total. The SMILES string of the molecule is C#CC(C)(C)[P+](=O)OCC=C. The molecule has 0 aromatic carbocycles. The van der Waals surface area contributed by atoms with E-state index in [2.05, 4.69) is 12.5 Å². The second kappa shape index (κ2) is 4.28. The van der Waals surface area contributed by atoms with Gasteiger partial charge < -0.3 is 0 Å². The topological polar surface area (TPSA) is 26.3 Å². The van der Waals surface area contributed by atoms with Gasteiger partial charge in [0.15, 0.2) is 0 Å². The van der Waals surface area contributed by atoms with Crippen LogP contribution in [0.1, 0.15) is 13.8 Å². The van der Waals surface area contributed by atoms with Gasteiger partial charge in [-0.3, -0.25) is 0 Å². The highest BCUT2D eigenvalue weighted by Crippen LogP contribution is 2.38. The Bertz CT molecular complexity index is 201. The molecule has 0 fully saturated rings. The maximum Gasteiger partial charge on any atom is 0.527 e. The Hall–Kier alpha value is -0.640. The van der Waals surface area contributed by atoms with Gasteiger partial charge in [-0.25, -0.2) is 0 Å². The highest BCUT2D eigenvalue weighted by molar-refractivity contribution is 7.41. The summed E-state index contributed by atoms with van der Waals surface area (Å²) in [6.45, 7) is 7.12. The average molecular weight is 171 g/mol. The van der Waals surface area contributed by atoms with E-state index in [0.29, 0.717) is 0 Å². The zero-order valence-corrected chi connectivity index (χ0v) is 7.73. The molecule has 60 valence electrons. The lowest BCUT2D eigenvalue weighted by Crippen LogP contribution is -2.11. The zero-order chi connectivity index (χ0) is 8.91. The molecule has 0 rings (SSSR count). The van der Waals surface area contributed by atoms with Crippen molar-refractivity contribution in [1.29, 1.82) is 0 Å². The summed E-state index contributed by atoms with van der Waals surface area (Å²) in [4.78, 5) is 0. The minimum atomic E-state index is -1.79. The van der Waals surface area contributed by atoms with Crippen LogP contribution < -0.4 is 0 Å². The first kappa shape index (κ1) is 10.4. The minimum absolute atomic E-state index is 0.278. The standard InChI is InChI=1S/C8H12O2P/c1-5-7-10-11(9)8(3,4)6-2/h2,5H,1,7H2,3-4H3/q+1. The summed E-state index contributed by atoms with van der Waals surface area (Å²) in [6.07, 6.45) is 6.68. The Kier molecular flexibility index (Phi) is 4.03. The normalized spacial score (nSPS) is 11.9. The summed E-state index contributed by atoms with van der Waals surface area (Å²) >= 11 is 0. The molecule has 0 amide bonds. The Morgan fingerprint density at radius 2 is 2.36 bits per heavy atom. The Morgan fingerprint density at radius 3 is 2.73 bits per heavy atom. The quantitative estimate of drug-likeness (QED) is 0.368. The fourth-order valence-corrected chi connectivity index (χ4v) is 1.00. The molecule has 0 spiro atoms. The summed E-state index contributed by atoms with van der Waals surface area (Å²) in [5, 5.41) is -0.682. The molecule has 1 unspecified atom stereocenters. The van der Waals surface area contributed by atoms with Gasteiger partial charge in [-0.1, -0.05) is 6.08 Å². The molecule has 0 bridgehead atoms. The first-order chi connectivity index (χ1) is 5.04. The van der Waals surface area contributed by atoms with E-state index in [1.54, 1.807) is 19.9 Å². The predicted octanol–water partition coefficient (Wildman–Crippen LogP) is 2.34. The van der Waals surface area contributed by atoms with Crippen molar-refractivity contribution in [2.75, 3.05) is 6.61 Å². The van der Waals surface area contributed by atoms with E-state index in [4.69, 9.17) is 10.9 Å². The lowest BCUT2D eigenvalue weighted by Gasteiger charge is -2.00. The van der Waals surface area contributed by atoms with Gasteiger partial charge in [-0.15, -0.1) is 17.5 Å². The molecule has 0 saturated carbocycles. The smallest absolute Gasteiger partial charge is 0.141 e. The van der Waals surface area contributed by atoms with Crippen LogP contribution in [-0.2, 0) is 9.09 Å². The van der Waals surface area contributed by atoms with Crippen LogP contribution >= 0.6 is 8.03 Å². The van der Waals surface area contributed by atoms with Crippen LogP contribution in [0.15, 0.2) is 12.7 Å². The summed E-state index contributed by atoms with van der Waals surface area (Å²) < 4.78 is 16.1. The lowest BCUT2D eigenvalue weighted by atomic mass is 10.2. The molecule has 0 aromatic heterocycles. The highest BCUT2D eigenvalue weighted by Gasteiger charge is 2.39. The molecule has 2 nitrogen and oxygen atoms in total. The van der Waals surface area contributed by atoms with E-state index in [9.17, 15) is 4.57 Å². The van der Waals surface area contributed by atoms with Crippen LogP contribution in [0.2, 0.25) is 0 Å². The molecular formula is C8H12O2P+. The molecule has 0 aromatic rings. The van der Waals surface area contributed by atoms with Crippen LogP contribution in [0.4, 0.5) is 0 Å². The molecule has 11 heavy (non-hydrogen) atoms. The molecule has 0 aliphatic heterocycles. The van der Waals surface area contributed by atoms with Crippen LogP contribution in [0.5, 0.6) is 0 Å². The van der Waals surface area contributed by atoms with Gasteiger partial charge in [0.2, 0.25) is 0 Å². The maximum atomic E-state index is 11.2. The molecule has 0 radical (unpaired) electrons. The van der Waals surface area contributed by atoms with Crippen molar-refractivity contribution in [3.63, 3.8) is 0 Å². The van der Waals surface area contributed by atoms with E-state index < -0.39 is 13.2 Å². The number of rotatable bonds is 4. The van der Waals surface area contributed by atoms with Crippen molar-refractivity contribution in [3.05, 3.63) is 12.7 Å². The summed E-state index contributed by atoms with van der Waals surface area (Å²) in [6, 6.07) is 0. The minimum Gasteiger partial charge on any atom is -0.141 e. The highest BCUT2D eigenvalue weighted by atomic mass is 31.1. The van der Waals surface area contributed by atoms with E-state index in [-0.39, 0.29) is 6.61 Å². The lowest BCUT2D eigenvalue weighted by molar-refractivity contribution is 0.360. The van der Waals surface area contributed by atoms with Gasteiger partial charge in [0, 0.05) is 0 Å². The van der Waals surface area contributed by atoms with Crippen molar-refractivity contribution in [2.24, 2.45) is 0 Å². The number of hydrogen-bond acceptors (Lipinski definition) is 2. The van der Waals surface area contributed by atoms with Crippen molar-refractivity contribution in [2.45, 2.75) is 19.0 Å². The third-order valence-electron chi connectivity index (χ3n) is 1.12. The Morgan fingerprint density at radius 1 is 1.82 bits per heavy atom. The van der Waals surface area contributed by atoms with Gasteiger partial charge >= 0.3 is 8.03 Å². The second-order valence-electron chi connectivity index (χ2n) is 2.54. The number of terminal acetylenes is 1. The Balaban J connectivity index is 4.05.